The second kappa shape index (κ2) is 4.81. The largest absolute Gasteiger partial charge is 0.393 e. The lowest BCUT2D eigenvalue weighted by atomic mass is 10.1. The number of nitro groups is 1. The Balaban J connectivity index is 2.28. The van der Waals surface area contributed by atoms with Crippen LogP contribution in [0.15, 0.2) is 18.2 Å². The zero-order chi connectivity index (χ0) is 13.3. The third kappa shape index (κ3) is 2.53. The maximum atomic E-state index is 10.9. The van der Waals surface area contributed by atoms with Gasteiger partial charge in [-0.1, -0.05) is 0 Å². The average molecular weight is 250 g/mol. The van der Waals surface area contributed by atoms with Crippen molar-refractivity contribution in [2.45, 2.75) is 25.9 Å². The molecule has 0 bridgehead atoms. The summed E-state index contributed by atoms with van der Waals surface area (Å²) in [7, 11) is 0. The predicted octanol–water partition coefficient (Wildman–Crippen LogP) is 1.36. The molecular formula is C12H18N4O2. The molecule has 1 fully saturated rings. The van der Waals surface area contributed by atoms with Crippen LogP contribution in [0.25, 0.3) is 0 Å². The van der Waals surface area contributed by atoms with Crippen molar-refractivity contribution in [3.8, 4) is 0 Å². The van der Waals surface area contributed by atoms with Crippen LogP contribution in [-0.2, 0) is 0 Å². The molecule has 0 amide bonds. The lowest BCUT2D eigenvalue weighted by Gasteiger charge is -2.37. The molecule has 1 aromatic carbocycles. The topological polar surface area (TPSA) is 84.4 Å². The molecule has 0 aromatic heterocycles. The lowest BCUT2D eigenvalue weighted by Crippen LogP contribution is -2.54. The molecule has 3 N–H and O–H groups in total. The highest BCUT2D eigenvalue weighted by Crippen LogP contribution is 2.28. The van der Waals surface area contributed by atoms with Gasteiger partial charge < -0.3 is 16.0 Å². The summed E-state index contributed by atoms with van der Waals surface area (Å²) >= 11 is 0. The number of piperazine rings is 1. The van der Waals surface area contributed by atoms with Crippen LogP contribution in [0.4, 0.5) is 17.1 Å². The van der Waals surface area contributed by atoms with E-state index in [-0.39, 0.29) is 11.4 Å². The minimum Gasteiger partial charge on any atom is -0.393 e. The van der Waals surface area contributed by atoms with Gasteiger partial charge in [0.2, 0.25) is 0 Å². The van der Waals surface area contributed by atoms with E-state index in [1.807, 2.05) is 6.07 Å². The molecule has 6 nitrogen and oxygen atoms in total. The van der Waals surface area contributed by atoms with Crippen LogP contribution in [0.1, 0.15) is 13.8 Å². The summed E-state index contributed by atoms with van der Waals surface area (Å²) in [6.45, 7) is 5.89. The average Bonchev–Trinajstić information content (AvgIpc) is 2.27. The number of nitrogens with one attached hydrogen (secondary N) is 1. The first-order chi connectivity index (χ1) is 8.47. The Hall–Kier alpha value is -1.82. The van der Waals surface area contributed by atoms with E-state index in [4.69, 9.17) is 5.73 Å². The molecule has 1 heterocycles. The van der Waals surface area contributed by atoms with E-state index in [0.717, 1.165) is 18.8 Å². The van der Waals surface area contributed by atoms with Crippen molar-refractivity contribution in [3.05, 3.63) is 28.3 Å². The Labute approximate surface area is 106 Å². The molecule has 18 heavy (non-hydrogen) atoms. The maximum Gasteiger partial charge on any atom is 0.294 e. The van der Waals surface area contributed by atoms with Gasteiger partial charge in [0.25, 0.3) is 5.69 Å². The summed E-state index contributed by atoms with van der Waals surface area (Å²) in [6.07, 6.45) is 0. The minimum absolute atomic E-state index is 0.0219. The van der Waals surface area contributed by atoms with Crippen molar-refractivity contribution < 1.29 is 4.92 Å². The first-order valence-electron chi connectivity index (χ1n) is 6.02. The second-order valence-corrected chi connectivity index (χ2v) is 4.87. The van der Waals surface area contributed by atoms with E-state index in [1.165, 1.54) is 0 Å². The van der Waals surface area contributed by atoms with Gasteiger partial charge in [-0.15, -0.1) is 0 Å². The van der Waals surface area contributed by atoms with Crippen molar-refractivity contribution >= 4 is 17.1 Å². The summed E-state index contributed by atoms with van der Waals surface area (Å²) in [4.78, 5) is 12.6. The molecule has 98 valence electrons. The van der Waals surface area contributed by atoms with Gasteiger partial charge in [-0.05, 0) is 26.0 Å². The fourth-order valence-corrected chi connectivity index (χ4v) is 2.42. The first-order valence-corrected chi connectivity index (χ1v) is 6.02. The van der Waals surface area contributed by atoms with Gasteiger partial charge in [0.05, 0.1) is 4.92 Å². The molecule has 2 atom stereocenters. The monoisotopic (exact) mass is 250 g/mol. The standard InChI is InChI=1S/C12H18N4O2/c1-8-6-15(7-9(2)14-8)10-3-4-11(13)12(5-10)16(17)18/h3-5,8-9,14H,6-7,13H2,1-2H3. The number of benzene rings is 1. The van der Waals surface area contributed by atoms with E-state index in [2.05, 4.69) is 24.1 Å². The van der Waals surface area contributed by atoms with Gasteiger partial charge >= 0.3 is 0 Å². The van der Waals surface area contributed by atoms with Crippen LogP contribution >= 0.6 is 0 Å². The Morgan fingerprint density at radius 1 is 1.39 bits per heavy atom. The molecule has 0 radical (unpaired) electrons. The number of nitrogen functional groups attached to an aromatic ring is 1. The Kier molecular flexibility index (Phi) is 3.38. The molecule has 1 aliphatic rings. The Morgan fingerprint density at radius 2 is 2.00 bits per heavy atom. The van der Waals surface area contributed by atoms with E-state index in [9.17, 15) is 10.1 Å². The van der Waals surface area contributed by atoms with Crippen molar-refractivity contribution in [2.24, 2.45) is 0 Å². The minimum atomic E-state index is -0.437. The van der Waals surface area contributed by atoms with Crippen LogP contribution in [0, 0.1) is 10.1 Å². The van der Waals surface area contributed by atoms with Gasteiger partial charge in [-0.2, -0.15) is 0 Å². The molecule has 1 aromatic rings. The molecule has 0 saturated carbocycles. The van der Waals surface area contributed by atoms with Crippen molar-refractivity contribution in [1.82, 2.24) is 5.32 Å². The van der Waals surface area contributed by atoms with Gasteiger partial charge in [0.1, 0.15) is 5.69 Å². The van der Waals surface area contributed by atoms with E-state index in [0.29, 0.717) is 12.1 Å². The fraction of sp³-hybridized carbons (Fsp3) is 0.500. The fourth-order valence-electron chi connectivity index (χ4n) is 2.42. The van der Waals surface area contributed by atoms with Crippen molar-refractivity contribution in [2.75, 3.05) is 23.7 Å². The number of rotatable bonds is 2. The van der Waals surface area contributed by atoms with E-state index >= 15 is 0 Å². The van der Waals surface area contributed by atoms with Gasteiger partial charge in [-0.25, -0.2) is 0 Å². The summed E-state index contributed by atoms with van der Waals surface area (Å²) in [5.41, 5.74) is 6.65. The summed E-state index contributed by atoms with van der Waals surface area (Å²) < 4.78 is 0. The van der Waals surface area contributed by atoms with Crippen LogP contribution in [-0.4, -0.2) is 30.1 Å². The SMILES string of the molecule is CC1CN(c2ccc(N)c([N+](=O)[O-])c2)CC(C)N1. The molecule has 1 saturated heterocycles. The zero-order valence-corrected chi connectivity index (χ0v) is 10.6. The molecule has 0 aliphatic carbocycles. The number of nitrogens with zero attached hydrogens (tertiary/aromatic N) is 2. The highest BCUT2D eigenvalue weighted by Gasteiger charge is 2.23. The first kappa shape index (κ1) is 12.6. The third-order valence-corrected chi connectivity index (χ3v) is 3.13. The van der Waals surface area contributed by atoms with Crippen LogP contribution in [0.5, 0.6) is 0 Å². The van der Waals surface area contributed by atoms with Crippen LogP contribution in [0.3, 0.4) is 0 Å². The zero-order valence-electron chi connectivity index (χ0n) is 10.6. The van der Waals surface area contributed by atoms with Crippen molar-refractivity contribution in [3.63, 3.8) is 0 Å². The molecule has 1 aliphatic heterocycles. The predicted molar refractivity (Wildman–Crippen MR) is 71.8 cm³/mol. The van der Waals surface area contributed by atoms with E-state index < -0.39 is 4.92 Å². The van der Waals surface area contributed by atoms with E-state index in [1.54, 1.807) is 12.1 Å². The smallest absolute Gasteiger partial charge is 0.294 e. The third-order valence-electron chi connectivity index (χ3n) is 3.13. The quantitative estimate of drug-likeness (QED) is 0.470. The molecule has 6 heteroatoms. The van der Waals surface area contributed by atoms with Gasteiger partial charge in [0.15, 0.2) is 0 Å². The number of hydrogen-bond donors (Lipinski definition) is 2. The number of hydrogen-bond acceptors (Lipinski definition) is 5. The Morgan fingerprint density at radius 3 is 2.56 bits per heavy atom. The number of nitrogens with two attached hydrogens (primary N) is 1. The summed E-state index contributed by atoms with van der Waals surface area (Å²) in [5, 5.41) is 14.3. The van der Waals surface area contributed by atoms with Gasteiger partial charge in [0, 0.05) is 36.9 Å². The second-order valence-electron chi connectivity index (χ2n) is 4.87. The molecule has 2 rings (SSSR count). The van der Waals surface area contributed by atoms with Crippen LogP contribution < -0.4 is 16.0 Å². The maximum absolute atomic E-state index is 10.9. The summed E-state index contributed by atoms with van der Waals surface area (Å²) in [6, 6.07) is 5.73. The molecular weight excluding hydrogens is 232 g/mol. The van der Waals surface area contributed by atoms with Crippen molar-refractivity contribution in [1.29, 1.82) is 0 Å². The molecule has 0 spiro atoms. The number of nitro benzene ring substituents is 1. The lowest BCUT2D eigenvalue weighted by molar-refractivity contribution is -0.383. The van der Waals surface area contributed by atoms with Gasteiger partial charge in [-0.3, -0.25) is 10.1 Å². The highest BCUT2D eigenvalue weighted by molar-refractivity contribution is 5.66. The highest BCUT2D eigenvalue weighted by atomic mass is 16.6. The van der Waals surface area contributed by atoms with Crippen LogP contribution in [0.2, 0.25) is 0 Å². The summed E-state index contributed by atoms with van der Waals surface area (Å²) in [5.74, 6) is 0. The normalized spacial score (nSPS) is 24.0. The Bertz CT molecular complexity index is 453. The molecule has 2 unspecified atom stereocenters. The number of anilines is 2.